The van der Waals surface area contributed by atoms with Crippen LogP contribution in [0.1, 0.15) is 23.6 Å². The minimum absolute atomic E-state index is 0. The van der Waals surface area contributed by atoms with E-state index in [1.807, 2.05) is 0 Å². The van der Waals surface area contributed by atoms with E-state index < -0.39 is 11.9 Å². The molecule has 0 aliphatic carbocycles. The zero-order valence-corrected chi connectivity index (χ0v) is 14.5. The Morgan fingerprint density at radius 2 is 1.17 bits per heavy atom. The van der Waals surface area contributed by atoms with Crippen LogP contribution in [0.25, 0.3) is 0 Å². The summed E-state index contributed by atoms with van der Waals surface area (Å²) in [7, 11) is 0. The van der Waals surface area contributed by atoms with Crippen molar-refractivity contribution in [2.24, 2.45) is 0 Å². The quantitative estimate of drug-likeness (QED) is 0.323. The first kappa shape index (κ1) is 20.0. The van der Waals surface area contributed by atoms with E-state index in [1.165, 1.54) is 24.3 Å². The summed E-state index contributed by atoms with van der Waals surface area (Å²) in [5, 5.41) is 0. The molecular formula is C12H12Na2O4. The van der Waals surface area contributed by atoms with E-state index in [9.17, 15) is 9.59 Å². The third-order valence-corrected chi connectivity index (χ3v) is 1.74. The average Bonchev–Trinajstić information content (AvgIpc) is 2.30. The second-order valence-corrected chi connectivity index (χ2v) is 2.72. The summed E-state index contributed by atoms with van der Waals surface area (Å²) in [4.78, 5) is 22.5. The van der Waals surface area contributed by atoms with Gasteiger partial charge in [-0.2, -0.15) is 0 Å². The summed E-state index contributed by atoms with van der Waals surface area (Å²) in [6.45, 7) is 6.54. The van der Waals surface area contributed by atoms with Crippen molar-refractivity contribution in [2.45, 2.75) is 0 Å². The van der Waals surface area contributed by atoms with Crippen molar-refractivity contribution < 1.29 is 81.0 Å². The van der Waals surface area contributed by atoms with Crippen LogP contribution in [-0.2, 0) is 9.47 Å². The molecule has 6 heteroatoms. The first-order valence-electron chi connectivity index (χ1n) is 4.43. The van der Waals surface area contributed by atoms with Gasteiger partial charge in [0.25, 0.3) is 0 Å². The van der Waals surface area contributed by atoms with Gasteiger partial charge >= 0.3 is 71.1 Å². The largest absolute Gasteiger partial charge is 1.00 e. The number of rotatable bonds is 4. The molecule has 0 fully saturated rings. The molecule has 0 aliphatic heterocycles. The smallest absolute Gasteiger partial charge is 1.00 e. The van der Waals surface area contributed by atoms with E-state index in [0.29, 0.717) is 11.1 Å². The second kappa shape index (κ2) is 10.6. The van der Waals surface area contributed by atoms with Gasteiger partial charge in [-0.15, -0.1) is 0 Å². The fraction of sp³-hybridized carbons (Fsp3) is 0. The number of carbonyl (C=O) groups is 2. The van der Waals surface area contributed by atoms with E-state index in [-0.39, 0.29) is 62.0 Å². The molecule has 0 saturated heterocycles. The first-order chi connectivity index (χ1) is 7.69. The molecule has 1 aromatic rings. The van der Waals surface area contributed by atoms with Gasteiger partial charge in [0.1, 0.15) is 0 Å². The van der Waals surface area contributed by atoms with E-state index >= 15 is 0 Å². The van der Waals surface area contributed by atoms with E-state index in [0.717, 1.165) is 12.5 Å². The van der Waals surface area contributed by atoms with Crippen LogP contribution in [0.5, 0.6) is 0 Å². The first-order valence-corrected chi connectivity index (χ1v) is 4.43. The van der Waals surface area contributed by atoms with Crippen molar-refractivity contribution in [3.8, 4) is 0 Å². The minimum Gasteiger partial charge on any atom is -1.00 e. The Bertz CT molecular complexity index is 395. The van der Waals surface area contributed by atoms with Crippen molar-refractivity contribution in [1.29, 1.82) is 0 Å². The van der Waals surface area contributed by atoms with Crippen LogP contribution in [0.2, 0.25) is 0 Å². The van der Waals surface area contributed by atoms with Crippen LogP contribution in [0.15, 0.2) is 49.9 Å². The van der Waals surface area contributed by atoms with E-state index in [2.05, 4.69) is 22.6 Å². The number of benzene rings is 1. The van der Waals surface area contributed by atoms with Crippen LogP contribution < -0.4 is 59.1 Å². The third-order valence-electron chi connectivity index (χ3n) is 1.74. The Morgan fingerprint density at radius 1 is 0.889 bits per heavy atom. The predicted octanol–water partition coefficient (Wildman–Crippen LogP) is -3.48. The van der Waals surface area contributed by atoms with Gasteiger partial charge in [-0.1, -0.05) is 13.2 Å². The van der Waals surface area contributed by atoms with Gasteiger partial charge in [0.2, 0.25) is 0 Å². The van der Waals surface area contributed by atoms with E-state index in [4.69, 9.17) is 0 Å². The zero-order chi connectivity index (χ0) is 12.0. The number of hydrogen-bond acceptors (Lipinski definition) is 4. The molecule has 0 amide bonds. The summed E-state index contributed by atoms with van der Waals surface area (Å²) in [6.07, 6.45) is 2.09. The maximum Gasteiger partial charge on any atom is 1.00 e. The maximum atomic E-state index is 11.2. The molecule has 0 aromatic heterocycles. The van der Waals surface area contributed by atoms with Crippen molar-refractivity contribution in [3.05, 3.63) is 61.1 Å². The molecule has 0 aliphatic rings. The van der Waals surface area contributed by atoms with Crippen LogP contribution in [0.3, 0.4) is 0 Å². The normalized spacial score (nSPS) is 8.00. The van der Waals surface area contributed by atoms with E-state index in [1.54, 1.807) is 0 Å². The van der Waals surface area contributed by atoms with Gasteiger partial charge in [-0.3, -0.25) is 0 Å². The molecule has 0 heterocycles. The second-order valence-electron chi connectivity index (χ2n) is 2.72. The minimum atomic E-state index is -0.529. The fourth-order valence-electron chi connectivity index (χ4n) is 1.03. The average molecular weight is 266 g/mol. The summed E-state index contributed by atoms with van der Waals surface area (Å²) in [5.74, 6) is -1.06. The maximum absolute atomic E-state index is 11.2. The predicted molar refractivity (Wildman–Crippen MR) is 59.9 cm³/mol. The van der Waals surface area contributed by atoms with Crippen LogP contribution in [0.4, 0.5) is 0 Å². The summed E-state index contributed by atoms with van der Waals surface area (Å²) in [6, 6.07) is 5.86. The van der Waals surface area contributed by atoms with Gasteiger partial charge < -0.3 is 12.3 Å². The standard InChI is InChI=1S/C12H10O4.2Na.2H/c1-3-15-11(13)9-5-7-10(8-6-9)12(14)16-4-2;;;;/h3-8H,1-2H2;;;;/q;2*+1;2*-1. The van der Waals surface area contributed by atoms with Gasteiger partial charge in [-0.05, 0) is 24.3 Å². The molecule has 0 saturated carbocycles. The SMILES string of the molecule is C=COC(=O)c1ccc(C(=O)OC=C)cc1.[H-].[H-].[Na+].[Na+]. The molecule has 0 radical (unpaired) electrons. The molecule has 0 unspecified atom stereocenters. The Hall–Kier alpha value is -0.360. The van der Waals surface area contributed by atoms with Crippen LogP contribution in [0, 0.1) is 0 Å². The van der Waals surface area contributed by atoms with Crippen molar-refractivity contribution in [1.82, 2.24) is 0 Å². The Morgan fingerprint density at radius 3 is 1.39 bits per heavy atom. The molecule has 86 valence electrons. The fourth-order valence-corrected chi connectivity index (χ4v) is 1.03. The Kier molecular flexibility index (Phi) is 11.7. The van der Waals surface area contributed by atoms with Gasteiger partial charge in [-0.25, -0.2) is 9.59 Å². The van der Waals surface area contributed by atoms with Gasteiger partial charge in [0.05, 0.1) is 23.7 Å². The molecular weight excluding hydrogens is 254 g/mol. The summed E-state index contributed by atoms with van der Waals surface area (Å²) < 4.78 is 9.14. The molecule has 18 heavy (non-hydrogen) atoms. The zero-order valence-electron chi connectivity index (χ0n) is 12.5. The van der Waals surface area contributed by atoms with Crippen LogP contribution in [-0.4, -0.2) is 11.9 Å². The molecule has 0 N–H and O–H groups in total. The van der Waals surface area contributed by atoms with Crippen molar-refractivity contribution in [2.75, 3.05) is 0 Å². The monoisotopic (exact) mass is 266 g/mol. The number of esters is 2. The Balaban J connectivity index is -0.000000320. The number of hydrogen-bond donors (Lipinski definition) is 0. The summed E-state index contributed by atoms with van der Waals surface area (Å²) >= 11 is 0. The number of ether oxygens (including phenoxy) is 2. The number of carbonyl (C=O) groups excluding carboxylic acids is 2. The topological polar surface area (TPSA) is 52.6 Å². The molecule has 0 bridgehead atoms. The Labute approximate surface area is 153 Å². The van der Waals surface area contributed by atoms with Crippen molar-refractivity contribution in [3.63, 3.8) is 0 Å². The van der Waals surface area contributed by atoms with Crippen molar-refractivity contribution >= 4 is 11.9 Å². The molecule has 0 atom stereocenters. The van der Waals surface area contributed by atoms with Crippen LogP contribution >= 0.6 is 0 Å². The molecule has 4 nitrogen and oxygen atoms in total. The third kappa shape index (κ3) is 6.00. The molecule has 1 rings (SSSR count). The summed E-state index contributed by atoms with van der Waals surface area (Å²) in [5.41, 5.74) is 0.658. The van der Waals surface area contributed by atoms with Gasteiger partial charge in [0.15, 0.2) is 0 Å². The molecule has 1 aromatic carbocycles. The molecule has 0 spiro atoms. The van der Waals surface area contributed by atoms with Gasteiger partial charge in [0, 0.05) is 0 Å².